The summed E-state index contributed by atoms with van der Waals surface area (Å²) in [7, 11) is 1.61. The largest absolute Gasteiger partial charge is 0.497 e. The molecule has 0 aliphatic carbocycles. The van der Waals surface area contributed by atoms with E-state index in [0.717, 1.165) is 30.5 Å². The lowest BCUT2D eigenvalue weighted by molar-refractivity contribution is -0.137. The zero-order valence-corrected chi connectivity index (χ0v) is 14.8. The summed E-state index contributed by atoms with van der Waals surface area (Å²) in [5.74, 6) is 1.27. The van der Waals surface area contributed by atoms with Gasteiger partial charge in [0, 0.05) is 18.8 Å². The van der Waals surface area contributed by atoms with E-state index in [4.69, 9.17) is 4.74 Å². The number of rotatable bonds is 7. The fraction of sp³-hybridized carbons (Fsp3) is 0.400. The van der Waals surface area contributed by atoms with Gasteiger partial charge in [-0.1, -0.05) is 26.0 Å². The van der Waals surface area contributed by atoms with Crippen LogP contribution in [0.1, 0.15) is 31.4 Å². The first-order chi connectivity index (χ1) is 11.8. The van der Waals surface area contributed by atoms with E-state index in [9.17, 15) is 13.2 Å². The molecule has 2 aromatic carbocycles. The number of methoxy groups -OCH3 is 1. The number of ether oxygens (including phenoxy) is 1. The van der Waals surface area contributed by atoms with Gasteiger partial charge in [-0.2, -0.15) is 13.2 Å². The van der Waals surface area contributed by atoms with E-state index in [1.165, 1.54) is 12.1 Å². The highest BCUT2D eigenvalue weighted by molar-refractivity contribution is 5.49. The van der Waals surface area contributed by atoms with Crippen molar-refractivity contribution >= 4 is 5.69 Å². The van der Waals surface area contributed by atoms with Gasteiger partial charge in [0.1, 0.15) is 5.75 Å². The highest BCUT2D eigenvalue weighted by Gasteiger charge is 2.30. The van der Waals surface area contributed by atoms with Crippen LogP contribution in [-0.4, -0.2) is 13.7 Å². The number of halogens is 3. The molecule has 0 radical (unpaired) electrons. The predicted octanol–water partition coefficient (Wildman–Crippen LogP) is 5.77. The first kappa shape index (κ1) is 19.2. The summed E-state index contributed by atoms with van der Waals surface area (Å²) in [4.78, 5) is 2.11. The van der Waals surface area contributed by atoms with Gasteiger partial charge in [0.15, 0.2) is 0 Å². The molecule has 0 heterocycles. The molecule has 5 heteroatoms. The molecule has 2 rings (SSSR count). The van der Waals surface area contributed by atoms with E-state index >= 15 is 0 Å². The Labute approximate surface area is 147 Å². The van der Waals surface area contributed by atoms with E-state index in [1.54, 1.807) is 13.2 Å². The SMILES string of the molecule is COc1ccc(N(CCC(C)C)Cc2cccc(C(F)(F)F)c2)cc1. The van der Waals surface area contributed by atoms with Crippen molar-refractivity contribution in [1.29, 1.82) is 0 Å². The number of hydrogen-bond acceptors (Lipinski definition) is 2. The summed E-state index contributed by atoms with van der Waals surface area (Å²) in [6.45, 7) is 5.48. The molecule has 0 spiro atoms. The molecule has 25 heavy (non-hydrogen) atoms. The maximum atomic E-state index is 12.9. The fourth-order valence-electron chi connectivity index (χ4n) is 2.57. The van der Waals surface area contributed by atoms with Crippen LogP contribution in [0, 0.1) is 5.92 Å². The van der Waals surface area contributed by atoms with Crippen molar-refractivity contribution in [3.8, 4) is 5.75 Å². The highest BCUT2D eigenvalue weighted by atomic mass is 19.4. The van der Waals surface area contributed by atoms with Crippen LogP contribution in [0.15, 0.2) is 48.5 Å². The second kappa shape index (κ2) is 8.28. The number of hydrogen-bond donors (Lipinski definition) is 0. The van der Waals surface area contributed by atoms with Gasteiger partial charge >= 0.3 is 6.18 Å². The molecule has 0 amide bonds. The van der Waals surface area contributed by atoms with Crippen LogP contribution in [0.2, 0.25) is 0 Å². The van der Waals surface area contributed by atoms with Crippen molar-refractivity contribution in [1.82, 2.24) is 0 Å². The lowest BCUT2D eigenvalue weighted by Crippen LogP contribution is -2.25. The van der Waals surface area contributed by atoms with E-state index in [0.29, 0.717) is 18.0 Å². The van der Waals surface area contributed by atoms with Crippen LogP contribution in [0.4, 0.5) is 18.9 Å². The van der Waals surface area contributed by atoms with Crippen molar-refractivity contribution in [2.24, 2.45) is 5.92 Å². The normalized spacial score (nSPS) is 11.6. The molecular weight excluding hydrogens is 327 g/mol. The van der Waals surface area contributed by atoms with Crippen molar-refractivity contribution in [2.75, 3.05) is 18.6 Å². The van der Waals surface area contributed by atoms with Crippen LogP contribution in [0.25, 0.3) is 0 Å². The van der Waals surface area contributed by atoms with Crippen LogP contribution in [0.5, 0.6) is 5.75 Å². The molecule has 0 unspecified atom stereocenters. The van der Waals surface area contributed by atoms with E-state index < -0.39 is 11.7 Å². The predicted molar refractivity (Wildman–Crippen MR) is 94.9 cm³/mol. The average Bonchev–Trinajstić information content (AvgIpc) is 2.58. The Balaban J connectivity index is 2.23. The van der Waals surface area contributed by atoms with Crippen molar-refractivity contribution < 1.29 is 17.9 Å². The molecule has 2 nitrogen and oxygen atoms in total. The van der Waals surface area contributed by atoms with Gasteiger partial charge in [-0.15, -0.1) is 0 Å². The summed E-state index contributed by atoms with van der Waals surface area (Å²) in [5, 5.41) is 0. The monoisotopic (exact) mass is 351 g/mol. The minimum atomic E-state index is -4.32. The summed E-state index contributed by atoms with van der Waals surface area (Å²) in [6, 6.07) is 13.1. The second-order valence-corrected chi connectivity index (χ2v) is 6.50. The van der Waals surface area contributed by atoms with Gasteiger partial charge in [0.2, 0.25) is 0 Å². The molecule has 136 valence electrons. The van der Waals surface area contributed by atoms with Gasteiger partial charge in [-0.3, -0.25) is 0 Å². The smallest absolute Gasteiger partial charge is 0.416 e. The molecule has 0 atom stereocenters. The zero-order chi connectivity index (χ0) is 18.4. The van der Waals surface area contributed by atoms with Gasteiger partial charge < -0.3 is 9.64 Å². The first-order valence-corrected chi connectivity index (χ1v) is 8.34. The van der Waals surface area contributed by atoms with Crippen LogP contribution < -0.4 is 9.64 Å². The third-order valence-corrected chi connectivity index (χ3v) is 4.04. The quantitative estimate of drug-likeness (QED) is 0.628. The van der Waals surface area contributed by atoms with Gasteiger partial charge in [-0.25, -0.2) is 0 Å². The minimum absolute atomic E-state index is 0.434. The maximum Gasteiger partial charge on any atom is 0.416 e. The van der Waals surface area contributed by atoms with E-state index in [1.807, 2.05) is 24.3 Å². The lowest BCUT2D eigenvalue weighted by atomic mass is 10.1. The molecule has 0 saturated heterocycles. The van der Waals surface area contributed by atoms with Gasteiger partial charge in [-0.05, 0) is 54.3 Å². The number of alkyl halides is 3. The van der Waals surface area contributed by atoms with Crippen LogP contribution >= 0.6 is 0 Å². The Hall–Kier alpha value is -2.17. The Morgan fingerprint density at radius 3 is 2.28 bits per heavy atom. The molecular formula is C20H24F3NO. The van der Waals surface area contributed by atoms with E-state index in [-0.39, 0.29) is 0 Å². The number of anilines is 1. The fourth-order valence-corrected chi connectivity index (χ4v) is 2.57. The molecule has 0 N–H and O–H groups in total. The van der Waals surface area contributed by atoms with Crippen LogP contribution in [0.3, 0.4) is 0 Å². The molecule has 0 aromatic heterocycles. The summed E-state index contributed by atoms with van der Waals surface area (Å²) in [6.07, 6.45) is -3.36. The minimum Gasteiger partial charge on any atom is -0.497 e. The Kier molecular flexibility index (Phi) is 6.34. The maximum absolute atomic E-state index is 12.9. The molecule has 0 fully saturated rings. The molecule has 0 aliphatic heterocycles. The van der Waals surface area contributed by atoms with Crippen molar-refractivity contribution in [3.63, 3.8) is 0 Å². The van der Waals surface area contributed by atoms with E-state index in [2.05, 4.69) is 18.7 Å². The third-order valence-electron chi connectivity index (χ3n) is 4.04. The molecule has 0 saturated carbocycles. The van der Waals surface area contributed by atoms with Gasteiger partial charge in [0.05, 0.1) is 12.7 Å². The zero-order valence-electron chi connectivity index (χ0n) is 14.8. The summed E-state index contributed by atoms with van der Waals surface area (Å²) < 4.78 is 44.0. The second-order valence-electron chi connectivity index (χ2n) is 6.50. The molecule has 2 aromatic rings. The topological polar surface area (TPSA) is 12.5 Å². The Morgan fingerprint density at radius 1 is 1.04 bits per heavy atom. The van der Waals surface area contributed by atoms with Crippen LogP contribution in [-0.2, 0) is 12.7 Å². The molecule has 0 bridgehead atoms. The average molecular weight is 351 g/mol. The van der Waals surface area contributed by atoms with Gasteiger partial charge in [0.25, 0.3) is 0 Å². The van der Waals surface area contributed by atoms with Crippen molar-refractivity contribution in [2.45, 2.75) is 33.0 Å². The number of nitrogens with zero attached hydrogens (tertiary/aromatic N) is 1. The first-order valence-electron chi connectivity index (χ1n) is 8.34. The number of benzene rings is 2. The summed E-state index contributed by atoms with van der Waals surface area (Å²) >= 11 is 0. The Morgan fingerprint density at radius 2 is 1.72 bits per heavy atom. The highest BCUT2D eigenvalue weighted by Crippen LogP contribution is 2.30. The third kappa shape index (κ3) is 5.69. The lowest BCUT2D eigenvalue weighted by Gasteiger charge is -2.26. The molecule has 0 aliphatic rings. The summed E-state index contributed by atoms with van der Waals surface area (Å²) in [5.41, 5.74) is 1.01. The van der Waals surface area contributed by atoms with Crippen molar-refractivity contribution in [3.05, 3.63) is 59.7 Å². The Bertz CT molecular complexity index is 665. The standard InChI is InChI=1S/C20H24F3NO/c1-15(2)11-12-24(18-7-9-19(25-3)10-8-18)14-16-5-4-6-17(13-16)20(21,22)23/h4-10,13,15H,11-12,14H2,1-3H3.